The fraction of sp³-hybridized carbons (Fsp3) is 0.640. The molecule has 0 spiro atoms. The van der Waals surface area contributed by atoms with Gasteiger partial charge in [0, 0.05) is 30.7 Å². The summed E-state index contributed by atoms with van der Waals surface area (Å²) in [6, 6.07) is 0. The van der Waals surface area contributed by atoms with Crippen molar-refractivity contribution in [1.82, 2.24) is 30.2 Å². The number of fused-ring (bicyclic) bond motifs is 1. The number of hydrogen-bond acceptors (Lipinski definition) is 19. The summed E-state index contributed by atoms with van der Waals surface area (Å²) in [6.07, 6.45) is -7.24. The van der Waals surface area contributed by atoms with E-state index in [0.29, 0.717) is 0 Å². The Morgan fingerprint density at radius 3 is 2.37 bits per heavy atom. The SMILES string of the molecule is CC(=O)CC(=O)SCCNC(=O)CCNC(=O)C(O)C(C)(C)COP(=O)(O)OP(=O)(O)OC[C@H]1O[C@@H](n2cnc3c(N)ncnc32)C(O)C1OP(=O)(O)O. The lowest BCUT2D eigenvalue weighted by Crippen LogP contribution is -2.46. The minimum atomic E-state index is -5.58. The highest BCUT2D eigenvalue weighted by atomic mass is 32.2. The van der Waals surface area contributed by atoms with Crippen molar-refractivity contribution in [3.8, 4) is 0 Å². The van der Waals surface area contributed by atoms with E-state index in [-0.39, 0.29) is 59.6 Å². The number of thioether (sulfide) groups is 1. The Balaban J connectivity index is 1.51. The number of phosphoric ester groups is 3. The normalized spacial score (nSPS) is 21.9. The van der Waals surface area contributed by atoms with Crippen LogP contribution in [0, 0.1) is 5.41 Å². The number of ketones is 1. The van der Waals surface area contributed by atoms with Gasteiger partial charge in [0.25, 0.3) is 0 Å². The molecule has 0 bridgehead atoms. The van der Waals surface area contributed by atoms with Gasteiger partial charge in [0.15, 0.2) is 22.8 Å². The molecule has 2 amide bonds. The van der Waals surface area contributed by atoms with Gasteiger partial charge in [0.1, 0.15) is 42.0 Å². The Labute approximate surface area is 310 Å². The Hall–Kier alpha value is -2.77. The first-order valence-corrected chi connectivity index (χ1v) is 21.0. The lowest BCUT2D eigenvalue weighted by molar-refractivity contribution is -0.137. The molecular formula is C25H40N7O18P3S. The smallest absolute Gasteiger partial charge is 0.386 e. The molecule has 10 N–H and O–H groups in total. The van der Waals surface area contributed by atoms with Crippen LogP contribution in [0.25, 0.3) is 11.2 Å². The Morgan fingerprint density at radius 2 is 1.72 bits per heavy atom. The highest BCUT2D eigenvalue weighted by Gasteiger charge is 2.50. The van der Waals surface area contributed by atoms with E-state index in [2.05, 4.69) is 34.4 Å². The first-order chi connectivity index (χ1) is 24.9. The molecule has 0 aromatic carbocycles. The van der Waals surface area contributed by atoms with E-state index >= 15 is 0 Å². The molecule has 0 aliphatic carbocycles. The first-order valence-electron chi connectivity index (χ1n) is 15.5. The van der Waals surface area contributed by atoms with Gasteiger partial charge in [-0.3, -0.25) is 37.3 Å². The second kappa shape index (κ2) is 18.9. The van der Waals surface area contributed by atoms with Gasteiger partial charge in [-0.1, -0.05) is 25.6 Å². The predicted molar refractivity (Wildman–Crippen MR) is 182 cm³/mol. The number of aliphatic hydroxyl groups is 2. The van der Waals surface area contributed by atoms with Crippen molar-refractivity contribution in [3.05, 3.63) is 12.7 Å². The molecule has 0 saturated carbocycles. The molecular weight excluding hydrogens is 811 g/mol. The number of aliphatic hydroxyl groups excluding tert-OH is 2. The maximum Gasteiger partial charge on any atom is 0.481 e. The molecule has 3 heterocycles. The second-order valence-electron chi connectivity index (χ2n) is 12.2. The minimum Gasteiger partial charge on any atom is -0.386 e. The number of nitrogens with two attached hydrogens (primary N) is 1. The van der Waals surface area contributed by atoms with Gasteiger partial charge in [-0.05, 0) is 6.92 Å². The summed E-state index contributed by atoms with van der Waals surface area (Å²) >= 11 is 0.878. The van der Waals surface area contributed by atoms with Gasteiger partial charge in [-0.15, -0.1) is 0 Å². The zero-order valence-electron chi connectivity index (χ0n) is 28.7. The third kappa shape index (κ3) is 13.8. The summed E-state index contributed by atoms with van der Waals surface area (Å²) in [5.41, 5.74) is 4.22. The van der Waals surface area contributed by atoms with E-state index < -0.39 is 84.6 Å². The Morgan fingerprint density at radius 1 is 1.06 bits per heavy atom. The van der Waals surface area contributed by atoms with Crippen molar-refractivity contribution in [1.29, 1.82) is 0 Å². The van der Waals surface area contributed by atoms with Gasteiger partial charge >= 0.3 is 23.5 Å². The number of nitrogens with zero attached hydrogens (tertiary/aromatic N) is 4. The van der Waals surface area contributed by atoms with E-state index in [4.69, 9.17) is 19.5 Å². The fourth-order valence-corrected chi connectivity index (χ4v) is 8.12. The number of rotatable bonds is 21. The molecule has 1 saturated heterocycles. The Kier molecular flexibility index (Phi) is 16.0. The molecule has 54 heavy (non-hydrogen) atoms. The number of imidazole rings is 1. The van der Waals surface area contributed by atoms with Crippen molar-refractivity contribution in [2.45, 2.75) is 64.3 Å². The summed E-state index contributed by atoms with van der Waals surface area (Å²) in [7, 11) is -16.4. The summed E-state index contributed by atoms with van der Waals surface area (Å²) in [4.78, 5) is 97.7. The standard InChI is InChI=1S/C25H40N7O18P3S/c1-13(33)8-16(35)54-7-6-27-15(34)4-5-28-23(38)20(37)25(2,3)10-47-53(44,45)50-52(42,43)46-9-14-19(49-51(39,40)41)18(36)24(48-14)32-12-31-17-21(26)29-11-30-22(17)32/h11-12,14,18-20,24,36-37H,4-10H2,1-3H3,(H,27,34)(H,28,38)(H,42,43)(H,44,45)(H2,26,29,30)(H2,39,40,41)/t14-,18?,19?,20?,24-/m1/s1. The zero-order valence-corrected chi connectivity index (χ0v) is 32.2. The number of hydrogen-bond donors (Lipinski definition) is 9. The largest absolute Gasteiger partial charge is 0.481 e. The van der Waals surface area contributed by atoms with Crippen LogP contribution in [0.5, 0.6) is 0 Å². The fourth-order valence-electron chi connectivity index (χ4n) is 4.55. The number of anilines is 1. The van der Waals surface area contributed by atoms with Crippen LogP contribution >= 0.6 is 35.2 Å². The summed E-state index contributed by atoms with van der Waals surface area (Å²) in [5.74, 6) is -1.61. The number of ether oxygens (including phenoxy) is 1. The highest BCUT2D eigenvalue weighted by Crippen LogP contribution is 2.61. The van der Waals surface area contributed by atoms with Crippen molar-refractivity contribution in [2.75, 3.05) is 37.8 Å². The lowest BCUT2D eigenvalue weighted by Gasteiger charge is -2.30. The molecule has 29 heteroatoms. The van der Waals surface area contributed by atoms with Crippen LogP contribution < -0.4 is 16.4 Å². The monoisotopic (exact) mass is 851 g/mol. The summed E-state index contributed by atoms with van der Waals surface area (Å²) in [5, 5.41) is 25.8. The van der Waals surface area contributed by atoms with Gasteiger partial charge in [-0.25, -0.2) is 28.6 Å². The number of nitrogens with one attached hydrogen (secondary N) is 2. The molecule has 2 aromatic rings. The molecule has 7 atom stereocenters. The number of carbonyl (C=O) groups is 4. The second-order valence-corrected chi connectivity index (χ2v) is 17.6. The molecule has 304 valence electrons. The zero-order chi connectivity index (χ0) is 40.6. The predicted octanol–water partition coefficient (Wildman–Crippen LogP) is -1.36. The first kappa shape index (κ1) is 45.6. The van der Waals surface area contributed by atoms with Crippen LogP contribution in [0.2, 0.25) is 0 Å². The number of amides is 2. The van der Waals surface area contributed by atoms with Crippen LogP contribution in [0.3, 0.4) is 0 Å². The number of Topliss-reactive ketones (excluding diaryl/α,β-unsaturated/α-hetero) is 1. The van der Waals surface area contributed by atoms with E-state index in [1.54, 1.807) is 0 Å². The third-order valence-electron chi connectivity index (χ3n) is 7.16. The van der Waals surface area contributed by atoms with Gasteiger partial charge in [-0.2, -0.15) is 4.31 Å². The van der Waals surface area contributed by atoms with Crippen LogP contribution in [0.15, 0.2) is 12.7 Å². The van der Waals surface area contributed by atoms with Gasteiger partial charge in [0.05, 0.1) is 26.0 Å². The van der Waals surface area contributed by atoms with Crippen LogP contribution in [-0.2, 0) is 55.5 Å². The van der Waals surface area contributed by atoms with Crippen molar-refractivity contribution >= 4 is 74.9 Å². The Bertz CT molecular complexity index is 1830. The van der Waals surface area contributed by atoms with Crippen molar-refractivity contribution in [3.63, 3.8) is 0 Å². The molecule has 0 radical (unpaired) electrons. The maximum atomic E-state index is 12.6. The molecule has 3 rings (SSSR count). The highest BCUT2D eigenvalue weighted by molar-refractivity contribution is 8.13. The molecule has 1 fully saturated rings. The van der Waals surface area contributed by atoms with Crippen LogP contribution in [-0.4, -0.2) is 128 Å². The maximum absolute atomic E-state index is 12.6. The third-order valence-corrected chi connectivity index (χ3v) is 11.1. The van der Waals surface area contributed by atoms with Gasteiger partial charge in [0.2, 0.25) is 11.8 Å². The molecule has 1 aliphatic rings. The average Bonchev–Trinajstić information content (AvgIpc) is 3.60. The minimum absolute atomic E-state index is 0.0240. The number of phosphoric acid groups is 3. The van der Waals surface area contributed by atoms with Crippen LogP contribution in [0.4, 0.5) is 5.82 Å². The molecule has 25 nitrogen and oxygen atoms in total. The van der Waals surface area contributed by atoms with E-state index in [1.807, 2.05) is 0 Å². The van der Waals surface area contributed by atoms with E-state index in [9.17, 15) is 62.7 Å². The van der Waals surface area contributed by atoms with E-state index in [0.717, 1.165) is 29.0 Å². The number of aromatic nitrogens is 4. The summed E-state index contributed by atoms with van der Waals surface area (Å²) < 4.78 is 61.9. The van der Waals surface area contributed by atoms with Crippen LogP contribution in [0.1, 0.15) is 39.8 Å². The molecule has 2 aromatic heterocycles. The number of nitrogen functional groups attached to an aromatic ring is 1. The molecule has 1 aliphatic heterocycles. The van der Waals surface area contributed by atoms with Gasteiger partial charge < -0.3 is 50.9 Å². The lowest BCUT2D eigenvalue weighted by atomic mass is 9.87. The molecule has 5 unspecified atom stereocenters. The van der Waals surface area contributed by atoms with E-state index in [1.165, 1.54) is 20.8 Å². The summed E-state index contributed by atoms with van der Waals surface area (Å²) in [6.45, 7) is 1.58. The average molecular weight is 852 g/mol. The number of carbonyl (C=O) groups excluding carboxylic acids is 4. The topological polar surface area (TPSA) is 381 Å². The van der Waals surface area contributed by atoms with Crippen molar-refractivity contribution in [2.24, 2.45) is 5.41 Å². The van der Waals surface area contributed by atoms with Crippen molar-refractivity contribution < 1.29 is 85.3 Å². The quantitative estimate of drug-likeness (QED) is 0.0398.